The van der Waals surface area contributed by atoms with Crippen LogP contribution in [0, 0.1) is 6.92 Å². The van der Waals surface area contributed by atoms with Crippen molar-refractivity contribution in [3.8, 4) is 5.75 Å². The van der Waals surface area contributed by atoms with Crippen molar-refractivity contribution in [2.45, 2.75) is 39.4 Å². The summed E-state index contributed by atoms with van der Waals surface area (Å²) in [4.78, 5) is 54.0. The van der Waals surface area contributed by atoms with E-state index in [1.165, 1.54) is 23.6 Å². The van der Waals surface area contributed by atoms with Crippen LogP contribution in [0.15, 0.2) is 59.5 Å². The molecule has 0 radical (unpaired) electrons. The van der Waals surface area contributed by atoms with Crippen molar-refractivity contribution in [1.82, 2.24) is 29.0 Å². The predicted octanol–water partition coefficient (Wildman–Crippen LogP) is 4.44. The second kappa shape index (κ2) is 13.7. The molecular formula is C36H35F3N8O5. The fraction of sp³-hybridized carbons (Fsp3) is 0.333. The summed E-state index contributed by atoms with van der Waals surface area (Å²) in [5.41, 5.74) is 1.53. The summed E-state index contributed by atoms with van der Waals surface area (Å²) in [6.07, 6.45) is -0.221. The third kappa shape index (κ3) is 6.45. The SMILES string of the molecule is CCc1c(N2CCN(C(=O)c3c(O)ccc4ncccc34)CC2)c(=O)n2nc(C3=CCOCC3)nc2n1CC(=O)Nc1ccc(C(F)(F)F)cc1C. The van der Waals surface area contributed by atoms with Gasteiger partial charge in [-0.3, -0.25) is 19.4 Å². The van der Waals surface area contributed by atoms with Gasteiger partial charge in [0.15, 0.2) is 5.82 Å². The lowest BCUT2D eigenvalue weighted by Gasteiger charge is -2.37. The Kier molecular flexibility index (Phi) is 9.16. The van der Waals surface area contributed by atoms with Crippen molar-refractivity contribution in [1.29, 1.82) is 0 Å². The molecule has 52 heavy (non-hydrogen) atoms. The Morgan fingerprint density at radius 3 is 2.56 bits per heavy atom. The molecule has 7 rings (SSSR count). The second-order valence-electron chi connectivity index (χ2n) is 12.6. The van der Waals surface area contributed by atoms with Crippen LogP contribution in [-0.4, -0.2) is 85.4 Å². The molecule has 0 unspecified atom stereocenters. The molecule has 0 bridgehead atoms. The van der Waals surface area contributed by atoms with Crippen LogP contribution in [0.4, 0.5) is 24.5 Å². The molecule has 270 valence electrons. The van der Waals surface area contributed by atoms with E-state index in [-0.39, 0.29) is 67.0 Å². The van der Waals surface area contributed by atoms with E-state index in [4.69, 9.17) is 9.72 Å². The highest BCUT2D eigenvalue weighted by Gasteiger charge is 2.32. The van der Waals surface area contributed by atoms with Gasteiger partial charge in [-0.2, -0.15) is 22.7 Å². The number of carbonyl (C=O) groups is 2. The smallest absolute Gasteiger partial charge is 0.416 e. The largest absolute Gasteiger partial charge is 0.507 e. The minimum Gasteiger partial charge on any atom is -0.507 e. The summed E-state index contributed by atoms with van der Waals surface area (Å²) in [6, 6.07) is 9.61. The number of halogens is 3. The van der Waals surface area contributed by atoms with Gasteiger partial charge in [-0.1, -0.05) is 19.1 Å². The molecule has 0 aliphatic carbocycles. The van der Waals surface area contributed by atoms with E-state index in [2.05, 4.69) is 15.4 Å². The first kappa shape index (κ1) is 34.7. The van der Waals surface area contributed by atoms with Gasteiger partial charge < -0.3 is 29.5 Å². The number of piperazine rings is 1. The molecule has 1 saturated heterocycles. The summed E-state index contributed by atoms with van der Waals surface area (Å²) in [6.45, 7) is 4.85. The zero-order valence-electron chi connectivity index (χ0n) is 28.4. The normalized spacial score (nSPS) is 15.3. The molecule has 1 fully saturated rings. The van der Waals surface area contributed by atoms with Crippen molar-refractivity contribution in [2.75, 3.05) is 49.6 Å². The van der Waals surface area contributed by atoms with Gasteiger partial charge in [-0.05, 0) is 67.3 Å². The number of pyridine rings is 1. The van der Waals surface area contributed by atoms with Crippen LogP contribution in [0.5, 0.6) is 5.75 Å². The van der Waals surface area contributed by atoms with Crippen LogP contribution >= 0.6 is 0 Å². The molecular weight excluding hydrogens is 681 g/mol. The Hall–Kier alpha value is -5.77. The summed E-state index contributed by atoms with van der Waals surface area (Å²) >= 11 is 0. The van der Waals surface area contributed by atoms with Crippen molar-refractivity contribution in [3.63, 3.8) is 0 Å². The van der Waals surface area contributed by atoms with E-state index in [1.54, 1.807) is 33.9 Å². The van der Waals surface area contributed by atoms with Crippen LogP contribution in [0.2, 0.25) is 0 Å². The molecule has 2 aromatic carbocycles. The number of aromatic hydroxyl groups is 1. The fourth-order valence-corrected chi connectivity index (χ4v) is 6.77. The molecule has 5 heterocycles. The maximum atomic E-state index is 14.3. The van der Waals surface area contributed by atoms with E-state index < -0.39 is 23.2 Å². The maximum Gasteiger partial charge on any atom is 0.416 e. The molecule has 13 nitrogen and oxygen atoms in total. The van der Waals surface area contributed by atoms with Gasteiger partial charge in [-0.15, -0.1) is 5.10 Å². The standard InChI is InChI=1S/C36H35F3N8O5/c1-3-27-31(44-13-15-45(16-14-44)33(50)30-24-5-4-12-40-26(24)8-9-28(30)48)34(51)47-35(42-32(43-47)22-10-17-52-18-11-22)46(27)20-29(49)41-25-7-6-23(19-21(25)2)36(37,38)39/h4-10,12,19,48H,3,11,13-18,20H2,1-2H3,(H,41,49). The summed E-state index contributed by atoms with van der Waals surface area (Å²) < 4.78 is 48.0. The third-order valence-corrected chi connectivity index (χ3v) is 9.40. The average Bonchev–Trinajstić information content (AvgIpc) is 3.59. The van der Waals surface area contributed by atoms with Crippen molar-refractivity contribution in [2.24, 2.45) is 0 Å². The zero-order chi connectivity index (χ0) is 36.7. The number of amides is 2. The van der Waals surface area contributed by atoms with Gasteiger partial charge in [0.05, 0.1) is 35.6 Å². The Morgan fingerprint density at radius 2 is 1.87 bits per heavy atom. The number of hydrogen-bond acceptors (Lipinski definition) is 9. The molecule has 2 N–H and O–H groups in total. The van der Waals surface area contributed by atoms with E-state index in [9.17, 15) is 32.7 Å². The van der Waals surface area contributed by atoms with Gasteiger partial charge in [0.25, 0.3) is 11.5 Å². The van der Waals surface area contributed by atoms with E-state index in [0.29, 0.717) is 54.2 Å². The van der Waals surface area contributed by atoms with Gasteiger partial charge in [0, 0.05) is 43.4 Å². The molecule has 2 aliphatic rings. The Morgan fingerprint density at radius 1 is 1.08 bits per heavy atom. The molecule has 0 atom stereocenters. The number of phenolic OH excluding ortho intramolecular Hbond substituents is 1. The Bertz CT molecular complexity index is 2310. The number of aromatic nitrogens is 5. The molecule has 0 saturated carbocycles. The number of hydrogen-bond donors (Lipinski definition) is 2. The lowest BCUT2D eigenvalue weighted by Crippen LogP contribution is -2.51. The van der Waals surface area contributed by atoms with Crippen molar-refractivity contribution >= 4 is 45.4 Å². The lowest BCUT2D eigenvalue weighted by molar-refractivity contribution is -0.137. The minimum atomic E-state index is -4.53. The molecule has 3 aromatic heterocycles. The van der Waals surface area contributed by atoms with Crippen LogP contribution in [0.1, 0.15) is 46.3 Å². The summed E-state index contributed by atoms with van der Waals surface area (Å²) in [5.74, 6) is -0.585. The van der Waals surface area contributed by atoms with Gasteiger partial charge in [-0.25, -0.2) is 0 Å². The molecule has 2 amide bonds. The highest BCUT2D eigenvalue weighted by atomic mass is 19.4. The zero-order valence-corrected chi connectivity index (χ0v) is 28.4. The number of aryl methyl sites for hydroxylation is 1. The van der Waals surface area contributed by atoms with Gasteiger partial charge in [0.2, 0.25) is 11.7 Å². The van der Waals surface area contributed by atoms with Crippen LogP contribution in [0.3, 0.4) is 0 Å². The molecule has 2 aliphatic heterocycles. The summed E-state index contributed by atoms with van der Waals surface area (Å²) in [7, 11) is 0. The molecule has 5 aromatic rings. The maximum absolute atomic E-state index is 14.3. The van der Waals surface area contributed by atoms with Gasteiger partial charge in [0.1, 0.15) is 18.0 Å². The minimum absolute atomic E-state index is 0.140. The molecule has 16 heteroatoms. The Balaban J connectivity index is 1.22. The van der Waals surface area contributed by atoms with E-state index in [1.807, 2.05) is 17.9 Å². The number of benzene rings is 2. The second-order valence-corrected chi connectivity index (χ2v) is 12.6. The monoisotopic (exact) mass is 716 g/mol. The van der Waals surface area contributed by atoms with Gasteiger partial charge >= 0.3 is 6.18 Å². The first-order valence-corrected chi connectivity index (χ1v) is 16.8. The van der Waals surface area contributed by atoms with Crippen LogP contribution in [0.25, 0.3) is 22.3 Å². The fourth-order valence-electron chi connectivity index (χ4n) is 6.77. The number of anilines is 2. The first-order chi connectivity index (χ1) is 24.9. The Labute approximate surface area is 294 Å². The number of rotatable bonds is 7. The van der Waals surface area contributed by atoms with E-state index in [0.717, 1.165) is 17.7 Å². The first-order valence-electron chi connectivity index (χ1n) is 16.8. The quantitative estimate of drug-likeness (QED) is 0.250. The van der Waals surface area contributed by atoms with E-state index >= 15 is 0 Å². The molecule has 0 spiro atoms. The average molecular weight is 717 g/mol. The third-order valence-electron chi connectivity index (χ3n) is 9.40. The highest BCUT2D eigenvalue weighted by molar-refractivity contribution is 6.08. The van der Waals surface area contributed by atoms with Crippen molar-refractivity contribution < 1.29 is 32.6 Å². The van der Waals surface area contributed by atoms with Crippen LogP contribution in [-0.2, 0) is 28.7 Å². The number of nitrogens with zero attached hydrogens (tertiary/aromatic N) is 7. The highest BCUT2D eigenvalue weighted by Crippen LogP contribution is 2.32. The van der Waals surface area contributed by atoms with Crippen LogP contribution < -0.4 is 15.8 Å². The lowest BCUT2D eigenvalue weighted by atomic mass is 10.1. The summed E-state index contributed by atoms with van der Waals surface area (Å²) in [5, 5.41) is 18.5. The number of phenols is 1. The topological polar surface area (TPSA) is 147 Å². The number of nitrogens with one attached hydrogen (secondary N) is 1. The van der Waals surface area contributed by atoms with Crippen molar-refractivity contribution in [3.05, 3.63) is 93.3 Å². The predicted molar refractivity (Wildman–Crippen MR) is 186 cm³/mol. The number of ether oxygens (including phenoxy) is 1. The number of fused-ring (bicyclic) bond motifs is 2. The number of carbonyl (C=O) groups excluding carboxylic acids is 2. The number of alkyl halides is 3.